The molecule has 1 heterocycles. The molecule has 1 fully saturated rings. The lowest BCUT2D eigenvalue weighted by atomic mass is 9.98. The number of nitrogens with zero attached hydrogens (tertiary/aromatic N) is 1. The zero-order valence-corrected chi connectivity index (χ0v) is 8.83. The number of hydrogen-bond acceptors (Lipinski definition) is 3. The Balaban J connectivity index is 2.23. The third-order valence-corrected chi connectivity index (χ3v) is 2.81. The average Bonchev–Trinajstić information content (AvgIpc) is 2.26. The van der Waals surface area contributed by atoms with E-state index in [4.69, 9.17) is 5.11 Å². The van der Waals surface area contributed by atoms with E-state index in [0.29, 0.717) is 12.3 Å². The van der Waals surface area contributed by atoms with Gasteiger partial charge in [-0.2, -0.15) is 0 Å². The van der Waals surface area contributed by atoms with Crippen LogP contribution in [0.4, 0.5) is 0 Å². The molecule has 0 saturated carbocycles. The van der Waals surface area contributed by atoms with Crippen LogP contribution in [0.25, 0.3) is 0 Å². The molecular formula is C10H20N2O2. The number of likely N-dealkylation sites (tertiary alicyclic amines) is 1. The third kappa shape index (κ3) is 3.27. The molecular weight excluding hydrogens is 180 g/mol. The van der Waals surface area contributed by atoms with E-state index >= 15 is 0 Å². The molecule has 1 aliphatic heterocycles. The Morgan fingerprint density at radius 2 is 2.14 bits per heavy atom. The van der Waals surface area contributed by atoms with Crippen molar-refractivity contribution in [1.82, 2.24) is 10.2 Å². The topological polar surface area (TPSA) is 52.6 Å². The summed E-state index contributed by atoms with van der Waals surface area (Å²) in [5, 5.41) is 11.9. The van der Waals surface area contributed by atoms with Crippen LogP contribution in [0.5, 0.6) is 0 Å². The quantitative estimate of drug-likeness (QED) is 0.662. The highest BCUT2D eigenvalue weighted by Gasteiger charge is 2.21. The van der Waals surface area contributed by atoms with Crippen LogP contribution in [0.1, 0.15) is 19.3 Å². The van der Waals surface area contributed by atoms with E-state index < -0.39 is 0 Å². The van der Waals surface area contributed by atoms with Gasteiger partial charge in [-0.05, 0) is 25.8 Å². The van der Waals surface area contributed by atoms with Crippen molar-refractivity contribution in [2.24, 2.45) is 5.92 Å². The molecule has 1 aliphatic rings. The predicted octanol–water partition coefficient (Wildman–Crippen LogP) is -0.173. The molecule has 1 amide bonds. The first-order valence-corrected chi connectivity index (χ1v) is 5.31. The maximum atomic E-state index is 11.6. The molecule has 0 atom stereocenters. The number of amides is 1. The molecule has 4 nitrogen and oxygen atoms in total. The van der Waals surface area contributed by atoms with Crippen LogP contribution in [-0.4, -0.2) is 49.2 Å². The lowest BCUT2D eigenvalue weighted by Crippen LogP contribution is -2.40. The number of aliphatic hydroxyl groups is 1. The first-order valence-electron chi connectivity index (χ1n) is 5.31. The van der Waals surface area contributed by atoms with E-state index in [9.17, 15) is 4.79 Å². The molecule has 1 saturated heterocycles. The van der Waals surface area contributed by atoms with Gasteiger partial charge in [-0.25, -0.2) is 0 Å². The first kappa shape index (κ1) is 11.5. The van der Waals surface area contributed by atoms with Crippen LogP contribution < -0.4 is 5.32 Å². The van der Waals surface area contributed by atoms with E-state index in [1.54, 1.807) is 0 Å². The van der Waals surface area contributed by atoms with Crippen LogP contribution in [0, 0.1) is 5.92 Å². The second-order valence-electron chi connectivity index (χ2n) is 3.86. The third-order valence-electron chi connectivity index (χ3n) is 2.81. The van der Waals surface area contributed by atoms with Gasteiger partial charge >= 0.3 is 0 Å². The molecule has 14 heavy (non-hydrogen) atoms. The minimum absolute atomic E-state index is 0.232. The van der Waals surface area contributed by atoms with Gasteiger partial charge in [-0.1, -0.05) is 0 Å². The maximum absolute atomic E-state index is 11.6. The van der Waals surface area contributed by atoms with E-state index in [2.05, 4.69) is 5.32 Å². The molecule has 4 heteroatoms. The normalized spacial score (nSPS) is 18.6. The second kappa shape index (κ2) is 5.98. The largest absolute Gasteiger partial charge is 0.396 e. The van der Waals surface area contributed by atoms with Crippen molar-refractivity contribution in [2.75, 3.05) is 33.3 Å². The monoisotopic (exact) mass is 200 g/mol. The number of aliphatic hydroxyl groups excluding tert-OH is 1. The van der Waals surface area contributed by atoms with Gasteiger partial charge in [-0.15, -0.1) is 0 Å². The summed E-state index contributed by atoms with van der Waals surface area (Å²) in [6.07, 6.45) is 2.48. The Kier molecular flexibility index (Phi) is 4.90. The summed E-state index contributed by atoms with van der Waals surface area (Å²) in [5.41, 5.74) is 0. The molecule has 82 valence electrons. The Morgan fingerprint density at radius 1 is 1.50 bits per heavy atom. The number of nitrogens with one attached hydrogen (secondary N) is 1. The summed E-state index contributed by atoms with van der Waals surface area (Å²) in [6, 6.07) is 0. The Bertz CT molecular complexity index is 177. The van der Waals surface area contributed by atoms with E-state index in [1.165, 1.54) is 0 Å². The molecule has 2 N–H and O–H groups in total. The summed E-state index contributed by atoms with van der Waals surface area (Å²) < 4.78 is 0. The number of carbonyl (C=O) groups excluding carboxylic acids is 1. The lowest BCUT2D eigenvalue weighted by Gasteiger charge is -2.31. The minimum atomic E-state index is 0.232. The molecule has 0 radical (unpaired) electrons. The van der Waals surface area contributed by atoms with E-state index in [0.717, 1.165) is 32.5 Å². The molecule has 0 spiro atoms. The Labute approximate surface area is 85.3 Å². The van der Waals surface area contributed by atoms with Gasteiger partial charge in [0, 0.05) is 32.7 Å². The highest BCUT2D eigenvalue weighted by atomic mass is 16.3. The highest BCUT2D eigenvalue weighted by Crippen LogP contribution is 2.16. The van der Waals surface area contributed by atoms with Crippen LogP contribution in [0.3, 0.4) is 0 Å². The van der Waals surface area contributed by atoms with Crippen molar-refractivity contribution in [3.05, 3.63) is 0 Å². The fourth-order valence-electron chi connectivity index (χ4n) is 1.75. The smallest absolute Gasteiger partial charge is 0.223 e. The number of hydrogen-bond donors (Lipinski definition) is 2. The van der Waals surface area contributed by atoms with Crippen LogP contribution in [-0.2, 0) is 4.79 Å². The summed E-state index contributed by atoms with van der Waals surface area (Å²) in [4.78, 5) is 13.5. The molecule has 1 rings (SSSR count). The summed E-state index contributed by atoms with van der Waals surface area (Å²) in [6.45, 7) is 2.64. The predicted molar refractivity (Wildman–Crippen MR) is 54.9 cm³/mol. The standard InChI is InChI=1S/C10H20N2O2/c1-11-5-2-10(14)12-6-3-9(8-13)4-7-12/h9,11,13H,2-8H2,1H3. The van der Waals surface area contributed by atoms with Gasteiger partial charge in [-0.3, -0.25) is 4.79 Å². The van der Waals surface area contributed by atoms with E-state index in [1.807, 2.05) is 11.9 Å². The zero-order chi connectivity index (χ0) is 10.4. The summed E-state index contributed by atoms with van der Waals surface area (Å²) in [7, 11) is 1.85. The summed E-state index contributed by atoms with van der Waals surface area (Å²) >= 11 is 0. The lowest BCUT2D eigenvalue weighted by molar-refractivity contribution is -0.132. The van der Waals surface area contributed by atoms with Crippen molar-refractivity contribution >= 4 is 5.91 Å². The fourth-order valence-corrected chi connectivity index (χ4v) is 1.75. The van der Waals surface area contributed by atoms with Gasteiger partial charge in [0.05, 0.1) is 0 Å². The summed E-state index contributed by atoms with van der Waals surface area (Å²) in [5.74, 6) is 0.638. The van der Waals surface area contributed by atoms with Crippen LogP contribution >= 0.6 is 0 Å². The van der Waals surface area contributed by atoms with Gasteiger partial charge < -0.3 is 15.3 Å². The molecule has 0 unspecified atom stereocenters. The molecule has 0 aromatic rings. The molecule has 0 bridgehead atoms. The minimum Gasteiger partial charge on any atom is -0.396 e. The van der Waals surface area contributed by atoms with Gasteiger partial charge in [0.2, 0.25) is 5.91 Å². The van der Waals surface area contributed by atoms with Crippen LogP contribution in [0.2, 0.25) is 0 Å². The number of rotatable bonds is 4. The number of piperidine rings is 1. The molecule has 0 aromatic carbocycles. The van der Waals surface area contributed by atoms with Crippen molar-refractivity contribution in [3.8, 4) is 0 Å². The second-order valence-corrected chi connectivity index (χ2v) is 3.86. The number of carbonyl (C=O) groups is 1. The van der Waals surface area contributed by atoms with Gasteiger partial charge in [0.25, 0.3) is 0 Å². The van der Waals surface area contributed by atoms with Crippen molar-refractivity contribution in [1.29, 1.82) is 0 Å². The van der Waals surface area contributed by atoms with Crippen molar-refractivity contribution in [3.63, 3.8) is 0 Å². The zero-order valence-electron chi connectivity index (χ0n) is 8.83. The first-order chi connectivity index (χ1) is 6.77. The van der Waals surface area contributed by atoms with Crippen molar-refractivity contribution in [2.45, 2.75) is 19.3 Å². The maximum Gasteiger partial charge on any atom is 0.223 e. The van der Waals surface area contributed by atoms with Crippen LogP contribution in [0.15, 0.2) is 0 Å². The van der Waals surface area contributed by atoms with Gasteiger partial charge in [0.1, 0.15) is 0 Å². The molecule has 0 aromatic heterocycles. The van der Waals surface area contributed by atoms with Gasteiger partial charge in [0.15, 0.2) is 0 Å². The Morgan fingerprint density at radius 3 is 2.64 bits per heavy atom. The van der Waals surface area contributed by atoms with E-state index in [-0.39, 0.29) is 12.5 Å². The van der Waals surface area contributed by atoms with Crippen molar-refractivity contribution < 1.29 is 9.90 Å². The molecule has 0 aliphatic carbocycles. The fraction of sp³-hybridized carbons (Fsp3) is 0.900. The highest BCUT2D eigenvalue weighted by molar-refractivity contribution is 5.76. The average molecular weight is 200 g/mol. The Hall–Kier alpha value is -0.610. The SMILES string of the molecule is CNCCC(=O)N1CCC(CO)CC1.